The molecule has 2 atom stereocenters. The molecule has 1 saturated heterocycles. The van der Waals surface area contributed by atoms with Gasteiger partial charge in [-0.25, -0.2) is 0 Å². The third kappa shape index (κ3) is 4.53. The monoisotopic (exact) mass is 290 g/mol. The second kappa shape index (κ2) is 7.39. The number of nitrogens with zero attached hydrogens (tertiary/aromatic N) is 2. The molecule has 0 aromatic heterocycles. The van der Waals surface area contributed by atoms with Gasteiger partial charge in [-0.3, -0.25) is 0 Å². The van der Waals surface area contributed by atoms with Gasteiger partial charge in [0.1, 0.15) is 0 Å². The van der Waals surface area contributed by atoms with E-state index in [9.17, 15) is 5.11 Å². The van der Waals surface area contributed by atoms with Crippen molar-refractivity contribution in [2.45, 2.75) is 44.8 Å². The predicted molar refractivity (Wildman–Crippen MR) is 88.6 cm³/mol. The standard InChI is InChI=1S/C18H30N2O/c1-14(2)15-7-9-16(10-8-15)18(21)13-19(3)12-17-6-5-11-20(17)4/h7-10,14,17-18,21H,5-6,11-13H2,1-4H3. The van der Waals surface area contributed by atoms with Crippen LogP contribution < -0.4 is 0 Å². The van der Waals surface area contributed by atoms with Crippen LogP contribution in [0.5, 0.6) is 0 Å². The van der Waals surface area contributed by atoms with E-state index in [0.29, 0.717) is 18.5 Å². The molecule has 2 rings (SSSR count). The highest BCUT2D eigenvalue weighted by molar-refractivity contribution is 5.26. The number of rotatable bonds is 6. The predicted octanol–water partition coefficient (Wildman–Crippen LogP) is 2.87. The first kappa shape index (κ1) is 16.5. The summed E-state index contributed by atoms with van der Waals surface area (Å²) in [6.45, 7) is 7.33. The van der Waals surface area contributed by atoms with Crippen molar-refractivity contribution in [1.82, 2.24) is 9.80 Å². The zero-order chi connectivity index (χ0) is 15.4. The van der Waals surface area contributed by atoms with E-state index in [1.165, 1.54) is 24.9 Å². The first-order valence-electron chi connectivity index (χ1n) is 8.14. The number of hydrogen-bond acceptors (Lipinski definition) is 3. The number of aliphatic hydroxyl groups excluding tert-OH is 1. The van der Waals surface area contributed by atoms with E-state index < -0.39 is 6.10 Å². The fraction of sp³-hybridized carbons (Fsp3) is 0.667. The Morgan fingerprint density at radius 1 is 1.24 bits per heavy atom. The highest BCUT2D eigenvalue weighted by Gasteiger charge is 2.23. The summed E-state index contributed by atoms with van der Waals surface area (Å²) in [5.41, 5.74) is 2.35. The van der Waals surface area contributed by atoms with Crippen LogP contribution in [0.25, 0.3) is 0 Å². The average Bonchev–Trinajstić information content (AvgIpc) is 2.84. The van der Waals surface area contributed by atoms with Crippen LogP contribution >= 0.6 is 0 Å². The molecule has 1 fully saturated rings. The van der Waals surface area contributed by atoms with Gasteiger partial charge in [0, 0.05) is 19.1 Å². The third-order valence-corrected chi connectivity index (χ3v) is 4.67. The van der Waals surface area contributed by atoms with Gasteiger partial charge in [-0.1, -0.05) is 38.1 Å². The minimum absolute atomic E-state index is 0.400. The maximum Gasteiger partial charge on any atom is 0.0916 e. The molecule has 1 aromatic rings. The molecule has 1 aromatic carbocycles. The first-order chi connectivity index (χ1) is 9.97. The Morgan fingerprint density at radius 2 is 1.86 bits per heavy atom. The van der Waals surface area contributed by atoms with E-state index in [4.69, 9.17) is 0 Å². The SMILES string of the molecule is CC(C)c1ccc(C(O)CN(C)CC2CCCN2C)cc1. The topological polar surface area (TPSA) is 26.7 Å². The highest BCUT2D eigenvalue weighted by Crippen LogP contribution is 2.20. The Hall–Kier alpha value is -0.900. The number of aliphatic hydroxyl groups is 1. The molecule has 1 heterocycles. The fourth-order valence-corrected chi connectivity index (χ4v) is 3.15. The molecule has 2 unspecified atom stereocenters. The second-order valence-electron chi connectivity index (χ2n) is 6.84. The van der Waals surface area contributed by atoms with Crippen LogP contribution in [-0.2, 0) is 0 Å². The molecule has 0 aliphatic carbocycles. The van der Waals surface area contributed by atoms with Crippen molar-refractivity contribution in [3.8, 4) is 0 Å². The van der Waals surface area contributed by atoms with Gasteiger partial charge in [0.2, 0.25) is 0 Å². The molecule has 0 bridgehead atoms. The highest BCUT2D eigenvalue weighted by atomic mass is 16.3. The van der Waals surface area contributed by atoms with Crippen molar-refractivity contribution < 1.29 is 5.11 Å². The molecule has 3 nitrogen and oxygen atoms in total. The van der Waals surface area contributed by atoms with Gasteiger partial charge in [-0.05, 0) is 50.5 Å². The van der Waals surface area contributed by atoms with E-state index in [-0.39, 0.29) is 0 Å². The minimum atomic E-state index is -0.400. The summed E-state index contributed by atoms with van der Waals surface area (Å²) in [5, 5.41) is 10.4. The Bertz CT molecular complexity index is 429. The van der Waals surface area contributed by atoms with Crippen LogP contribution in [-0.4, -0.2) is 54.7 Å². The van der Waals surface area contributed by atoms with E-state index >= 15 is 0 Å². The van der Waals surface area contributed by atoms with Gasteiger partial charge in [0.05, 0.1) is 6.10 Å². The average molecular weight is 290 g/mol. The number of hydrogen-bond donors (Lipinski definition) is 1. The molecule has 0 amide bonds. The van der Waals surface area contributed by atoms with Crippen LogP contribution in [0.2, 0.25) is 0 Å². The van der Waals surface area contributed by atoms with Gasteiger partial charge in [0.25, 0.3) is 0 Å². The van der Waals surface area contributed by atoms with Crippen molar-refractivity contribution in [1.29, 1.82) is 0 Å². The molecule has 3 heteroatoms. The summed E-state index contributed by atoms with van der Waals surface area (Å²) >= 11 is 0. The van der Waals surface area contributed by atoms with Crippen LogP contribution in [0, 0.1) is 0 Å². The molecule has 1 N–H and O–H groups in total. The summed E-state index contributed by atoms with van der Waals surface area (Å²) in [6.07, 6.45) is 2.18. The van der Waals surface area contributed by atoms with Crippen molar-refractivity contribution in [2.24, 2.45) is 0 Å². The molecule has 1 aliphatic rings. The first-order valence-corrected chi connectivity index (χ1v) is 8.14. The molecule has 0 radical (unpaired) electrons. The van der Waals surface area contributed by atoms with Gasteiger partial charge in [-0.2, -0.15) is 0 Å². The van der Waals surface area contributed by atoms with Crippen molar-refractivity contribution >= 4 is 0 Å². The molecular formula is C18H30N2O. The summed E-state index contributed by atoms with van der Waals surface area (Å²) in [6, 6.07) is 9.04. The molecule has 118 valence electrons. The Kier molecular flexibility index (Phi) is 5.80. The minimum Gasteiger partial charge on any atom is -0.387 e. The lowest BCUT2D eigenvalue weighted by Crippen LogP contribution is -2.38. The van der Waals surface area contributed by atoms with Crippen LogP contribution in [0.1, 0.15) is 49.8 Å². The lowest BCUT2D eigenvalue weighted by atomic mass is 10.00. The Balaban J connectivity index is 1.86. The van der Waals surface area contributed by atoms with Crippen LogP contribution in [0.3, 0.4) is 0 Å². The van der Waals surface area contributed by atoms with E-state index in [0.717, 1.165) is 12.1 Å². The Labute approximate surface area is 129 Å². The lowest BCUT2D eigenvalue weighted by Gasteiger charge is -2.27. The summed E-state index contributed by atoms with van der Waals surface area (Å²) in [4.78, 5) is 4.69. The summed E-state index contributed by atoms with van der Waals surface area (Å²) in [7, 11) is 4.31. The molecule has 21 heavy (non-hydrogen) atoms. The summed E-state index contributed by atoms with van der Waals surface area (Å²) < 4.78 is 0. The fourth-order valence-electron chi connectivity index (χ4n) is 3.15. The maximum atomic E-state index is 10.4. The third-order valence-electron chi connectivity index (χ3n) is 4.67. The van der Waals surface area contributed by atoms with Crippen molar-refractivity contribution in [3.63, 3.8) is 0 Å². The van der Waals surface area contributed by atoms with Gasteiger partial charge < -0.3 is 14.9 Å². The zero-order valence-electron chi connectivity index (χ0n) is 13.9. The normalized spacial score (nSPS) is 21.4. The van der Waals surface area contributed by atoms with E-state index in [1.807, 2.05) is 0 Å². The van der Waals surface area contributed by atoms with E-state index in [2.05, 4.69) is 62.0 Å². The smallest absolute Gasteiger partial charge is 0.0916 e. The van der Waals surface area contributed by atoms with E-state index in [1.54, 1.807) is 0 Å². The largest absolute Gasteiger partial charge is 0.387 e. The van der Waals surface area contributed by atoms with Crippen molar-refractivity contribution in [3.05, 3.63) is 35.4 Å². The number of benzene rings is 1. The molecular weight excluding hydrogens is 260 g/mol. The summed E-state index contributed by atoms with van der Waals surface area (Å²) in [5.74, 6) is 0.539. The quantitative estimate of drug-likeness (QED) is 0.873. The van der Waals surface area contributed by atoms with Gasteiger partial charge in [-0.15, -0.1) is 0 Å². The second-order valence-corrected chi connectivity index (χ2v) is 6.84. The molecule has 1 aliphatic heterocycles. The Morgan fingerprint density at radius 3 is 2.38 bits per heavy atom. The maximum absolute atomic E-state index is 10.4. The van der Waals surface area contributed by atoms with Crippen LogP contribution in [0.4, 0.5) is 0 Å². The van der Waals surface area contributed by atoms with Crippen molar-refractivity contribution in [2.75, 3.05) is 33.7 Å². The number of likely N-dealkylation sites (tertiary alicyclic amines) is 1. The van der Waals surface area contributed by atoms with Gasteiger partial charge in [0.15, 0.2) is 0 Å². The van der Waals surface area contributed by atoms with Crippen LogP contribution in [0.15, 0.2) is 24.3 Å². The zero-order valence-corrected chi connectivity index (χ0v) is 13.9. The molecule has 0 spiro atoms. The number of likely N-dealkylation sites (N-methyl/N-ethyl adjacent to an activating group) is 2. The van der Waals surface area contributed by atoms with Gasteiger partial charge >= 0.3 is 0 Å². The lowest BCUT2D eigenvalue weighted by molar-refractivity contribution is 0.113. The molecule has 0 saturated carbocycles.